The van der Waals surface area contributed by atoms with Crippen molar-refractivity contribution in [1.29, 1.82) is 0 Å². The molecular formula is C10H15N3O. The van der Waals surface area contributed by atoms with E-state index in [0.29, 0.717) is 18.7 Å². The van der Waals surface area contributed by atoms with Gasteiger partial charge in [-0.3, -0.25) is 4.79 Å². The number of nitrogens with one attached hydrogen (secondary N) is 1. The van der Waals surface area contributed by atoms with Gasteiger partial charge in [0.25, 0.3) is 0 Å². The summed E-state index contributed by atoms with van der Waals surface area (Å²) >= 11 is 0. The summed E-state index contributed by atoms with van der Waals surface area (Å²) in [5, 5.41) is 3.14. The Morgan fingerprint density at radius 1 is 1.43 bits per heavy atom. The van der Waals surface area contributed by atoms with Crippen LogP contribution in [-0.4, -0.2) is 19.0 Å². The van der Waals surface area contributed by atoms with Gasteiger partial charge in [-0.1, -0.05) is 12.1 Å². The van der Waals surface area contributed by atoms with Gasteiger partial charge in [-0.2, -0.15) is 0 Å². The van der Waals surface area contributed by atoms with Crippen LogP contribution in [0.2, 0.25) is 0 Å². The molecule has 0 saturated carbocycles. The Labute approximate surface area is 83.3 Å². The number of primary amides is 1. The van der Waals surface area contributed by atoms with Crippen molar-refractivity contribution in [3.05, 3.63) is 35.4 Å². The largest absolute Gasteiger partial charge is 0.366 e. The smallest absolute Gasteiger partial charge is 0.248 e. The van der Waals surface area contributed by atoms with Crippen molar-refractivity contribution in [2.24, 2.45) is 11.5 Å². The Morgan fingerprint density at radius 2 is 2.21 bits per heavy atom. The highest BCUT2D eigenvalue weighted by Crippen LogP contribution is 2.03. The fraction of sp³-hybridized carbons (Fsp3) is 0.300. The van der Waals surface area contributed by atoms with Crippen LogP contribution >= 0.6 is 0 Å². The molecule has 0 aliphatic carbocycles. The second-order valence-electron chi connectivity index (χ2n) is 3.03. The van der Waals surface area contributed by atoms with Gasteiger partial charge in [0.05, 0.1) is 0 Å². The van der Waals surface area contributed by atoms with Crippen LogP contribution < -0.4 is 16.8 Å². The molecule has 0 heterocycles. The number of rotatable bonds is 5. The van der Waals surface area contributed by atoms with E-state index >= 15 is 0 Å². The van der Waals surface area contributed by atoms with Gasteiger partial charge in [0, 0.05) is 25.2 Å². The molecule has 1 amide bonds. The van der Waals surface area contributed by atoms with Crippen molar-refractivity contribution in [3.63, 3.8) is 0 Å². The van der Waals surface area contributed by atoms with Crippen molar-refractivity contribution in [2.75, 3.05) is 13.1 Å². The topological polar surface area (TPSA) is 81.1 Å². The number of hydrogen-bond donors (Lipinski definition) is 3. The lowest BCUT2D eigenvalue weighted by molar-refractivity contribution is 0.1000. The summed E-state index contributed by atoms with van der Waals surface area (Å²) in [5.41, 5.74) is 12.1. The molecule has 0 bridgehead atoms. The minimum Gasteiger partial charge on any atom is -0.366 e. The van der Waals surface area contributed by atoms with Crippen LogP contribution in [0.15, 0.2) is 24.3 Å². The number of carbonyl (C=O) groups is 1. The predicted octanol–water partition coefficient (Wildman–Crippen LogP) is -0.166. The molecule has 0 unspecified atom stereocenters. The maximum Gasteiger partial charge on any atom is 0.248 e. The molecular weight excluding hydrogens is 178 g/mol. The van der Waals surface area contributed by atoms with Crippen molar-refractivity contribution >= 4 is 5.91 Å². The first-order valence-electron chi connectivity index (χ1n) is 4.53. The summed E-state index contributed by atoms with van der Waals surface area (Å²) in [6, 6.07) is 7.25. The van der Waals surface area contributed by atoms with Crippen molar-refractivity contribution < 1.29 is 4.79 Å². The van der Waals surface area contributed by atoms with E-state index in [0.717, 1.165) is 12.1 Å². The van der Waals surface area contributed by atoms with Gasteiger partial charge in [0.15, 0.2) is 0 Å². The van der Waals surface area contributed by atoms with E-state index in [1.54, 1.807) is 12.1 Å². The zero-order valence-corrected chi connectivity index (χ0v) is 7.99. The maximum absolute atomic E-state index is 10.9. The zero-order valence-electron chi connectivity index (χ0n) is 7.99. The van der Waals surface area contributed by atoms with E-state index in [-0.39, 0.29) is 0 Å². The predicted molar refractivity (Wildman–Crippen MR) is 55.7 cm³/mol. The number of nitrogens with two attached hydrogens (primary N) is 2. The van der Waals surface area contributed by atoms with E-state index in [4.69, 9.17) is 11.5 Å². The molecule has 14 heavy (non-hydrogen) atoms. The van der Waals surface area contributed by atoms with Gasteiger partial charge in [-0.15, -0.1) is 0 Å². The molecule has 1 aromatic rings. The van der Waals surface area contributed by atoms with Crippen molar-refractivity contribution in [3.8, 4) is 0 Å². The number of hydrogen-bond acceptors (Lipinski definition) is 3. The van der Waals surface area contributed by atoms with E-state index in [1.165, 1.54) is 0 Å². The molecule has 4 heteroatoms. The Kier molecular flexibility index (Phi) is 4.10. The highest BCUT2D eigenvalue weighted by Gasteiger charge is 2.00. The van der Waals surface area contributed by atoms with E-state index in [2.05, 4.69) is 5.32 Å². The minimum absolute atomic E-state index is 0.398. The molecule has 0 fully saturated rings. The third-order valence-electron chi connectivity index (χ3n) is 1.86. The Hall–Kier alpha value is -1.39. The molecule has 0 aliphatic heterocycles. The number of amides is 1. The molecule has 1 aromatic carbocycles. The van der Waals surface area contributed by atoms with Gasteiger partial charge in [-0.25, -0.2) is 0 Å². The first-order valence-corrected chi connectivity index (χ1v) is 4.53. The Morgan fingerprint density at radius 3 is 2.86 bits per heavy atom. The second kappa shape index (κ2) is 5.36. The molecule has 0 spiro atoms. The monoisotopic (exact) mass is 193 g/mol. The van der Waals surface area contributed by atoms with Gasteiger partial charge in [0.1, 0.15) is 0 Å². The molecule has 5 N–H and O–H groups in total. The minimum atomic E-state index is -0.398. The molecule has 0 saturated heterocycles. The van der Waals surface area contributed by atoms with E-state index < -0.39 is 5.91 Å². The molecule has 0 aromatic heterocycles. The first kappa shape index (κ1) is 10.7. The van der Waals surface area contributed by atoms with Crippen LogP contribution in [0.5, 0.6) is 0 Å². The SMILES string of the molecule is NCCNCc1cccc(C(N)=O)c1. The molecule has 0 radical (unpaired) electrons. The average Bonchev–Trinajstić information content (AvgIpc) is 2.19. The van der Waals surface area contributed by atoms with Gasteiger partial charge in [0.2, 0.25) is 5.91 Å². The van der Waals surface area contributed by atoms with Crippen LogP contribution in [-0.2, 0) is 6.54 Å². The third kappa shape index (κ3) is 3.16. The summed E-state index contributed by atoms with van der Waals surface area (Å²) in [6.45, 7) is 2.08. The van der Waals surface area contributed by atoms with Crippen LogP contribution in [0.3, 0.4) is 0 Å². The van der Waals surface area contributed by atoms with Crippen LogP contribution in [0.1, 0.15) is 15.9 Å². The van der Waals surface area contributed by atoms with Crippen LogP contribution in [0, 0.1) is 0 Å². The lowest BCUT2D eigenvalue weighted by Gasteiger charge is -2.04. The van der Waals surface area contributed by atoms with Gasteiger partial charge < -0.3 is 16.8 Å². The lowest BCUT2D eigenvalue weighted by atomic mass is 10.1. The zero-order chi connectivity index (χ0) is 10.4. The highest BCUT2D eigenvalue weighted by molar-refractivity contribution is 5.92. The summed E-state index contributed by atoms with van der Waals surface area (Å²) in [6.07, 6.45) is 0. The molecule has 0 atom stereocenters. The van der Waals surface area contributed by atoms with Crippen LogP contribution in [0.25, 0.3) is 0 Å². The summed E-state index contributed by atoms with van der Waals surface area (Å²) < 4.78 is 0. The molecule has 4 nitrogen and oxygen atoms in total. The fourth-order valence-electron chi connectivity index (χ4n) is 1.17. The van der Waals surface area contributed by atoms with E-state index in [1.807, 2.05) is 12.1 Å². The Balaban J connectivity index is 2.59. The number of carbonyl (C=O) groups excluding carboxylic acids is 1. The quantitative estimate of drug-likeness (QED) is 0.568. The summed E-state index contributed by atoms with van der Waals surface area (Å²) in [4.78, 5) is 10.9. The third-order valence-corrected chi connectivity index (χ3v) is 1.86. The molecule has 0 aliphatic rings. The standard InChI is InChI=1S/C10H15N3O/c11-4-5-13-7-8-2-1-3-9(6-8)10(12)14/h1-3,6,13H,4-5,7,11H2,(H2,12,14). The summed E-state index contributed by atoms with van der Waals surface area (Å²) in [5.74, 6) is -0.398. The average molecular weight is 193 g/mol. The number of benzene rings is 1. The normalized spacial score (nSPS) is 10.1. The van der Waals surface area contributed by atoms with Gasteiger partial charge >= 0.3 is 0 Å². The summed E-state index contributed by atoms with van der Waals surface area (Å²) in [7, 11) is 0. The molecule has 1 rings (SSSR count). The molecule has 76 valence electrons. The van der Waals surface area contributed by atoms with Crippen LogP contribution in [0.4, 0.5) is 0 Å². The lowest BCUT2D eigenvalue weighted by Crippen LogP contribution is -2.22. The van der Waals surface area contributed by atoms with Crippen molar-refractivity contribution in [1.82, 2.24) is 5.32 Å². The van der Waals surface area contributed by atoms with Gasteiger partial charge in [-0.05, 0) is 17.7 Å². The fourth-order valence-corrected chi connectivity index (χ4v) is 1.17. The maximum atomic E-state index is 10.9. The van der Waals surface area contributed by atoms with Crippen molar-refractivity contribution in [2.45, 2.75) is 6.54 Å². The second-order valence-corrected chi connectivity index (χ2v) is 3.03. The first-order chi connectivity index (χ1) is 6.74. The van der Waals surface area contributed by atoms with E-state index in [9.17, 15) is 4.79 Å². The highest BCUT2D eigenvalue weighted by atomic mass is 16.1. The Bertz CT molecular complexity index is 312.